The van der Waals surface area contributed by atoms with Crippen LogP contribution >= 0.6 is 11.3 Å². The molecule has 0 saturated heterocycles. The van der Waals surface area contributed by atoms with Crippen LogP contribution in [-0.2, 0) is 0 Å². The van der Waals surface area contributed by atoms with Gasteiger partial charge in [-0.25, -0.2) is 14.2 Å². The van der Waals surface area contributed by atoms with Crippen LogP contribution in [-0.4, -0.2) is 0 Å². The zero-order valence-corrected chi connectivity index (χ0v) is 12.2. The van der Waals surface area contributed by atoms with Gasteiger partial charge in [-0.05, 0) is 30.0 Å². The van der Waals surface area contributed by atoms with Crippen molar-refractivity contribution >= 4 is 21.4 Å². The molecule has 1 heterocycles. The summed E-state index contributed by atoms with van der Waals surface area (Å²) in [6.07, 6.45) is 0. The number of hydrazine groups is 1. The van der Waals surface area contributed by atoms with Crippen molar-refractivity contribution < 1.29 is 8.78 Å². The van der Waals surface area contributed by atoms with Crippen LogP contribution in [0, 0.1) is 18.6 Å². The van der Waals surface area contributed by atoms with E-state index in [-0.39, 0.29) is 11.1 Å². The summed E-state index contributed by atoms with van der Waals surface area (Å²) in [5.74, 6) is 3.91. The highest BCUT2D eigenvalue weighted by molar-refractivity contribution is 7.19. The average molecular weight is 304 g/mol. The predicted molar refractivity (Wildman–Crippen MR) is 82.1 cm³/mol. The number of hydrogen-bond acceptors (Lipinski definition) is 3. The van der Waals surface area contributed by atoms with Crippen LogP contribution in [0.4, 0.5) is 8.78 Å². The molecule has 1 aromatic heterocycles. The maximum absolute atomic E-state index is 14.2. The predicted octanol–water partition coefficient (Wildman–Crippen LogP) is 4.04. The Bertz CT molecular complexity index is 765. The Morgan fingerprint density at radius 2 is 1.86 bits per heavy atom. The molecule has 3 aromatic rings. The van der Waals surface area contributed by atoms with Gasteiger partial charge in [0.05, 0.1) is 6.04 Å². The van der Waals surface area contributed by atoms with Gasteiger partial charge in [0.2, 0.25) is 0 Å². The van der Waals surface area contributed by atoms with E-state index in [0.29, 0.717) is 0 Å². The first-order valence-electron chi connectivity index (χ1n) is 6.51. The van der Waals surface area contributed by atoms with Crippen LogP contribution in [0.5, 0.6) is 0 Å². The second-order valence-electron chi connectivity index (χ2n) is 4.89. The van der Waals surface area contributed by atoms with Crippen LogP contribution in [0.15, 0.2) is 42.5 Å². The van der Waals surface area contributed by atoms with Crippen molar-refractivity contribution in [2.24, 2.45) is 5.84 Å². The van der Waals surface area contributed by atoms with Crippen LogP contribution < -0.4 is 11.3 Å². The normalized spacial score (nSPS) is 12.8. The number of fused-ring (bicyclic) bond motifs is 1. The van der Waals surface area contributed by atoms with E-state index in [2.05, 4.69) is 5.43 Å². The van der Waals surface area contributed by atoms with E-state index >= 15 is 0 Å². The fraction of sp³-hybridized carbons (Fsp3) is 0.125. The smallest absolute Gasteiger partial charge is 0.164 e. The summed E-state index contributed by atoms with van der Waals surface area (Å²) >= 11 is 1.51. The minimum Gasteiger partial charge on any atom is -0.271 e. The Morgan fingerprint density at radius 1 is 1.10 bits per heavy atom. The molecular weight excluding hydrogens is 290 g/mol. The standard InChI is InChI=1S/C16H14F2N2S/c1-9-6-7-11(15(18)14(9)17)16(20-19)13-8-10-4-2-3-5-12(10)21-13/h2-8,16,20H,19H2,1H3. The van der Waals surface area contributed by atoms with E-state index in [9.17, 15) is 8.78 Å². The Hall–Kier alpha value is -1.82. The first kappa shape index (κ1) is 14.1. The molecule has 0 bridgehead atoms. The Labute approximate surface area is 125 Å². The third kappa shape index (κ3) is 2.44. The summed E-state index contributed by atoms with van der Waals surface area (Å²) in [4.78, 5) is 0.848. The van der Waals surface area contributed by atoms with Gasteiger partial charge in [-0.3, -0.25) is 5.84 Å². The number of aryl methyl sites for hydroxylation is 1. The largest absolute Gasteiger partial charge is 0.271 e. The molecule has 108 valence electrons. The van der Waals surface area contributed by atoms with Gasteiger partial charge in [0.15, 0.2) is 11.6 Å². The molecule has 2 aromatic carbocycles. The molecule has 0 fully saturated rings. The van der Waals surface area contributed by atoms with Crippen LogP contribution in [0.2, 0.25) is 0 Å². The number of benzene rings is 2. The lowest BCUT2D eigenvalue weighted by Gasteiger charge is -2.16. The van der Waals surface area contributed by atoms with Gasteiger partial charge in [-0.1, -0.05) is 30.3 Å². The number of hydrogen-bond donors (Lipinski definition) is 2. The van der Waals surface area contributed by atoms with Crippen molar-refractivity contribution in [1.82, 2.24) is 5.43 Å². The van der Waals surface area contributed by atoms with Crippen LogP contribution in [0.25, 0.3) is 10.1 Å². The highest BCUT2D eigenvalue weighted by atomic mass is 32.1. The van der Waals surface area contributed by atoms with Crippen molar-refractivity contribution in [3.8, 4) is 0 Å². The van der Waals surface area contributed by atoms with Gasteiger partial charge in [0.1, 0.15) is 0 Å². The van der Waals surface area contributed by atoms with Crippen molar-refractivity contribution in [3.05, 3.63) is 70.1 Å². The minimum atomic E-state index is -0.851. The molecule has 1 unspecified atom stereocenters. The quantitative estimate of drug-likeness (QED) is 0.566. The molecular formula is C16H14F2N2S. The van der Waals surface area contributed by atoms with E-state index < -0.39 is 17.7 Å². The molecule has 2 nitrogen and oxygen atoms in total. The molecule has 0 spiro atoms. The lowest BCUT2D eigenvalue weighted by atomic mass is 10.0. The van der Waals surface area contributed by atoms with Gasteiger partial charge in [-0.15, -0.1) is 11.3 Å². The van der Waals surface area contributed by atoms with Crippen molar-refractivity contribution in [3.63, 3.8) is 0 Å². The molecule has 0 aliphatic rings. The summed E-state index contributed by atoms with van der Waals surface area (Å²) in [7, 11) is 0. The van der Waals surface area contributed by atoms with E-state index in [1.54, 1.807) is 12.1 Å². The fourth-order valence-corrected chi connectivity index (χ4v) is 3.50. The topological polar surface area (TPSA) is 38.0 Å². The highest BCUT2D eigenvalue weighted by Crippen LogP contribution is 2.34. The van der Waals surface area contributed by atoms with Gasteiger partial charge in [-0.2, -0.15) is 0 Å². The van der Waals surface area contributed by atoms with Crippen molar-refractivity contribution in [2.45, 2.75) is 13.0 Å². The number of thiophene rings is 1. The minimum absolute atomic E-state index is 0.215. The molecule has 5 heteroatoms. The molecule has 0 saturated carbocycles. The lowest BCUT2D eigenvalue weighted by molar-refractivity contribution is 0.480. The molecule has 3 rings (SSSR count). The molecule has 21 heavy (non-hydrogen) atoms. The first-order chi connectivity index (χ1) is 10.1. The zero-order chi connectivity index (χ0) is 15.0. The Balaban J connectivity index is 2.12. The molecule has 3 N–H and O–H groups in total. The molecule has 1 atom stereocenters. The highest BCUT2D eigenvalue weighted by Gasteiger charge is 2.21. The SMILES string of the molecule is Cc1ccc(C(NN)c2cc3ccccc3s2)c(F)c1F. The number of rotatable bonds is 3. The molecule has 0 amide bonds. The Morgan fingerprint density at radius 3 is 2.57 bits per heavy atom. The first-order valence-corrected chi connectivity index (χ1v) is 7.32. The van der Waals surface area contributed by atoms with Gasteiger partial charge >= 0.3 is 0 Å². The van der Waals surface area contributed by atoms with Crippen LogP contribution in [0.1, 0.15) is 22.0 Å². The maximum Gasteiger partial charge on any atom is 0.164 e. The van der Waals surface area contributed by atoms with Gasteiger partial charge in [0, 0.05) is 15.1 Å². The van der Waals surface area contributed by atoms with Crippen LogP contribution in [0.3, 0.4) is 0 Å². The summed E-state index contributed by atoms with van der Waals surface area (Å²) in [5, 5.41) is 1.06. The number of nitrogens with two attached hydrogens (primary N) is 1. The van der Waals surface area contributed by atoms with Crippen molar-refractivity contribution in [2.75, 3.05) is 0 Å². The third-order valence-corrected chi connectivity index (χ3v) is 4.69. The lowest BCUT2D eigenvalue weighted by Crippen LogP contribution is -2.29. The monoisotopic (exact) mass is 304 g/mol. The summed E-state index contributed by atoms with van der Waals surface area (Å²) in [5.41, 5.74) is 3.08. The average Bonchev–Trinajstić information content (AvgIpc) is 2.91. The molecule has 0 aliphatic heterocycles. The second-order valence-corrected chi connectivity index (χ2v) is 6.00. The fourth-order valence-electron chi connectivity index (χ4n) is 2.35. The van der Waals surface area contributed by atoms with Gasteiger partial charge < -0.3 is 0 Å². The number of halogens is 2. The van der Waals surface area contributed by atoms with Gasteiger partial charge in [0.25, 0.3) is 0 Å². The summed E-state index contributed by atoms with van der Waals surface area (Å²) in [6, 6.07) is 12.4. The van der Waals surface area contributed by atoms with E-state index in [4.69, 9.17) is 5.84 Å². The number of nitrogens with one attached hydrogen (secondary N) is 1. The third-order valence-electron chi connectivity index (χ3n) is 3.51. The molecule has 0 aliphatic carbocycles. The zero-order valence-electron chi connectivity index (χ0n) is 11.4. The molecule has 0 radical (unpaired) electrons. The van der Waals surface area contributed by atoms with Crippen molar-refractivity contribution in [1.29, 1.82) is 0 Å². The summed E-state index contributed by atoms with van der Waals surface area (Å²) in [6.45, 7) is 1.53. The van der Waals surface area contributed by atoms with E-state index in [1.165, 1.54) is 18.3 Å². The van der Waals surface area contributed by atoms with E-state index in [1.807, 2.05) is 30.3 Å². The van der Waals surface area contributed by atoms with E-state index in [0.717, 1.165) is 15.0 Å². The second kappa shape index (κ2) is 5.52. The Kier molecular flexibility index (Phi) is 3.71. The maximum atomic E-state index is 14.2. The summed E-state index contributed by atoms with van der Waals surface area (Å²) < 4.78 is 29.0.